The van der Waals surface area contributed by atoms with Crippen molar-refractivity contribution in [3.05, 3.63) is 58.5 Å². The molecule has 0 bridgehead atoms. The molecule has 0 unspecified atom stereocenters. The fourth-order valence-electron chi connectivity index (χ4n) is 2.83. The summed E-state index contributed by atoms with van der Waals surface area (Å²) < 4.78 is 11.2. The third-order valence-corrected chi connectivity index (χ3v) is 5.27. The zero-order chi connectivity index (χ0) is 20.1. The Kier molecular flexibility index (Phi) is 6.52. The van der Waals surface area contributed by atoms with Crippen molar-refractivity contribution in [3.8, 4) is 11.5 Å². The highest BCUT2D eigenvalue weighted by atomic mass is 32.2. The molecule has 5 nitrogen and oxygen atoms in total. The topological polar surface area (TPSA) is 59.6 Å². The molecule has 28 heavy (non-hydrogen) atoms. The normalized spacial score (nSPS) is 17.7. The lowest BCUT2D eigenvalue weighted by atomic mass is 10.1. The summed E-state index contributed by atoms with van der Waals surface area (Å²) in [5.74, 6) is 1.25. The molecule has 1 aliphatic heterocycles. The molecule has 1 fully saturated rings. The molecule has 2 N–H and O–H groups in total. The zero-order valence-corrected chi connectivity index (χ0v) is 17.4. The first-order valence-electron chi connectivity index (χ1n) is 9.38. The predicted molar refractivity (Wildman–Crippen MR) is 116 cm³/mol. The minimum absolute atomic E-state index is 0.0625. The summed E-state index contributed by atoms with van der Waals surface area (Å²) >= 11 is 1.46. The Labute approximate surface area is 170 Å². The number of carbonyl (C=O) groups excluding carboxylic acids is 1. The van der Waals surface area contributed by atoms with Crippen LogP contribution in [0.1, 0.15) is 31.9 Å². The zero-order valence-electron chi connectivity index (χ0n) is 16.6. The van der Waals surface area contributed by atoms with Crippen LogP contribution in [0.4, 0.5) is 5.69 Å². The van der Waals surface area contributed by atoms with Crippen LogP contribution in [0.3, 0.4) is 0 Å². The molecule has 2 aromatic carbocycles. The van der Waals surface area contributed by atoms with Crippen LogP contribution in [0.25, 0.3) is 6.08 Å². The van der Waals surface area contributed by atoms with E-state index >= 15 is 0 Å². The Balaban J connectivity index is 1.71. The van der Waals surface area contributed by atoms with Crippen molar-refractivity contribution in [2.24, 2.45) is 0 Å². The number of anilines is 1. The molecule has 1 aliphatic rings. The molecular formula is C22H26N2O3S. The van der Waals surface area contributed by atoms with Gasteiger partial charge in [-0.25, -0.2) is 0 Å². The molecule has 2 aromatic rings. The van der Waals surface area contributed by atoms with E-state index in [2.05, 4.69) is 29.7 Å². The number of amides is 1. The van der Waals surface area contributed by atoms with Gasteiger partial charge in [0.2, 0.25) is 0 Å². The Hall–Kier alpha value is -2.60. The molecule has 0 saturated carbocycles. The summed E-state index contributed by atoms with van der Waals surface area (Å²) in [5, 5.41) is 6.29. The molecule has 3 rings (SSSR count). The maximum Gasteiger partial charge on any atom is 0.260 e. The van der Waals surface area contributed by atoms with Crippen LogP contribution in [0.15, 0.2) is 47.4 Å². The number of carbonyl (C=O) groups is 1. The molecule has 1 saturated heterocycles. The molecular weight excluding hydrogens is 372 g/mol. The molecule has 1 atom stereocenters. The fourth-order valence-corrected chi connectivity index (χ4v) is 3.81. The molecule has 0 radical (unpaired) electrons. The molecule has 0 spiro atoms. The first kappa shape index (κ1) is 20.1. The summed E-state index contributed by atoms with van der Waals surface area (Å²) in [4.78, 5) is 13.0. The van der Waals surface area contributed by atoms with Gasteiger partial charge >= 0.3 is 0 Å². The van der Waals surface area contributed by atoms with E-state index in [1.54, 1.807) is 7.11 Å². The lowest BCUT2D eigenvalue weighted by molar-refractivity contribution is -0.116. The van der Waals surface area contributed by atoms with Gasteiger partial charge in [0.05, 0.1) is 18.1 Å². The van der Waals surface area contributed by atoms with Gasteiger partial charge in [-0.15, -0.1) is 0 Å². The van der Waals surface area contributed by atoms with Gasteiger partial charge in [-0.1, -0.05) is 36.9 Å². The van der Waals surface area contributed by atoms with Gasteiger partial charge in [0, 0.05) is 5.69 Å². The smallest absolute Gasteiger partial charge is 0.260 e. The Morgan fingerprint density at radius 2 is 1.93 bits per heavy atom. The van der Waals surface area contributed by atoms with E-state index in [1.807, 2.05) is 50.3 Å². The van der Waals surface area contributed by atoms with Crippen LogP contribution in [0.5, 0.6) is 11.5 Å². The van der Waals surface area contributed by atoms with Crippen molar-refractivity contribution < 1.29 is 14.3 Å². The van der Waals surface area contributed by atoms with Crippen molar-refractivity contribution in [2.75, 3.05) is 12.4 Å². The Morgan fingerprint density at radius 1 is 1.18 bits per heavy atom. The highest BCUT2D eigenvalue weighted by Crippen LogP contribution is 2.33. The third kappa shape index (κ3) is 5.01. The number of hydrogen-bond acceptors (Lipinski definition) is 5. The van der Waals surface area contributed by atoms with E-state index in [4.69, 9.17) is 9.47 Å². The van der Waals surface area contributed by atoms with Crippen LogP contribution in [-0.2, 0) is 11.2 Å². The van der Waals surface area contributed by atoms with Crippen LogP contribution in [0.2, 0.25) is 0 Å². The van der Waals surface area contributed by atoms with Crippen molar-refractivity contribution in [1.29, 1.82) is 0 Å². The average Bonchev–Trinajstić information content (AvgIpc) is 3.02. The van der Waals surface area contributed by atoms with Gasteiger partial charge < -0.3 is 20.1 Å². The fraction of sp³-hybridized carbons (Fsp3) is 0.318. The van der Waals surface area contributed by atoms with Crippen LogP contribution >= 0.6 is 11.8 Å². The lowest BCUT2D eigenvalue weighted by Crippen LogP contribution is -2.30. The number of benzene rings is 2. The number of aryl methyl sites for hydroxylation is 1. The van der Waals surface area contributed by atoms with Gasteiger partial charge in [0.15, 0.2) is 17.0 Å². The van der Waals surface area contributed by atoms with Crippen LogP contribution < -0.4 is 20.1 Å². The minimum atomic E-state index is -0.198. The Bertz CT molecular complexity index is 863. The van der Waals surface area contributed by atoms with Crippen LogP contribution in [0, 0.1) is 0 Å². The first-order chi connectivity index (χ1) is 13.5. The highest BCUT2D eigenvalue weighted by molar-refractivity contribution is 8.05. The SMILES string of the molecule is CCc1ccc(N[C@@H]2NC(=O)/C(=C/c3ccc(OC(C)C)c(OC)c3)S2)cc1. The molecule has 1 amide bonds. The number of nitrogens with one attached hydrogen (secondary N) is 2. The van der Waals surface area contributed by atoms with Gasteiger partial charge in [-0.05, 0) is 61.7 Å². The van der Waals surface area contributed by atoms with Crippen molar-refractivity contribution >= 4 is 29.4 Å². The summed E-state index contributed by atoms with van der Waals surface area (Å²) in [7, 11) is 1.61. The standard InChI is InChI=1S/C22H26N2O3S/c1-5-15-6-9-17(10-7-15)23-22-24-21(25)20(28-22)13-16-8-11-18(27-14(2)3)19(12-16)26-4/h6-14,22-23H,5H2,1-4H3,(H,24,25)/b20-13-/t22-/m1/s1. The molecule has 6 heteroatoms. The summed E-state index contributed by atoms with van der Waals surface area (Å²) in [5.41, 5.74) is 2.96. The maximum atomic E-state index is 12.4. The number of thioether (sulfide) groups is 1. The quantitative estimate of drug-likeness (QED) is 0.665. The Morgan fingerprint density at radius 3 is 2.57 bits per heavy atom. The van der Waals surface area contributed by atoms with Gasteiger partial charge in [-0.2, -0.15) is 0 Å². The van der Waals surface area contributed by atoms with E-state index in [0.29, 0.717) is 16.4 Å². The van der Waals surface area contributed by atoms with E-state index in [1.165, 1.54) is 17.3 Å². The molecule has 0 aromatic heterocycles. The van der Waals surface area contributed by atoms with Crippen LogP contribution in [-0.4, -0.2) is 24.6 Å². The second-order valence-corrected chi connectivity index (χ2v) is 7.90. The lowest BCUT2D eigenvalue weighted by Gasteiger charge is -2.14. The van der Waals surface area contributed by atoms with Gasteiger partial charge in [0.25, 0.3) is 5.91 Å². The van der Waals surface area contributed by atoms with E-state index in [9.17, 15) is 4.79 Å². The molecule has 0 aliphatic carbocycles. The van der Waals surface area contributed by atoms with E-state index in [0.717, 1.165) is 17.7 Å². The molecule has 148 valence electrons. The number of ether oxygens (including phenoxy) is 2. The number of hydrogen-bond donors (Lipinski definition) is 2. The summed E-state index contributed by atoms with van der Waals surface area (Å²) in [6, 6.07) is 13.9. The first-order valence-corrected chi connectivity index (χ1v) is 10.3. The second-order valence-electron chi connectivity index (χ2n) is 6.75. The minimum Gasteiger partial charge on any atom is -0.493 e. The van der Waals surface area contributed by atoms with Crippen molar-refractivity contribution in [2.45, 2.75) is 38.8 Å². The monoisotopic (exact) mass is 398 g/mol. The maximum absolute atomic E-state index is 12.4. The van der Waals surface area contributed by atoms with Crippen molar-refractivity contribution in [1.82, 2.24) is 5.32 Å². The number of methoxy groups -OCH3 is 1. The largest absolute Gasteiger partial charge is 0.493 e. The van der Waals surface area contributed by atoms with Crippen molar-refractivity contribution in [3.63, 3.8) is 0 Å². The van der Waals surface area contributed by atoms with E-state index in [-0.39, 0.29) is 17.5 Å². The van der Waals surface area contributed by atoms with Gasteiger partial charge in [-0.3, -0.25) is 4.79 Å². The van der Waals surface area contributed by atoms with E-state index < -0.39 is 0 Å². The predicted octanol–water partition coefficient (Wildman–Crippen LogP) is 4.64. The van der Waals surface area contributed by atoms with Gasteiger partial charge in [0.1, 0.15) is 0 Å². The summed E-state index contributed by atoms with van der Waals surface area (Å²) in [6.07, 6.45) is 2.93. The summed E-state index contributed by atoms with van der Waals surface area (Å²) in [6.45, 7) is 6.07. The number of rotatable bonds is 7. The highest BCUT2D eigenvalue weighted by Gasteiger charge is 2.27. The third-order valence-electron chi connectivity index (χ3n) is 4.24. The molecule has 1 heterocycles. The second kappa shape index (κ2) is 9.06. The average molecular weight is 399 g/mol.